The van der Waals surface area contributed by atoms with Crippen molar-refractivity contribution in [2.24, 2.45) is 0 Å². The van der Waals surface area contributed by atoms with Gasteiger partial charge in [-0.25, -0.2) is 0 Å². The van der Waals surface area contributed by atoms with Gasteiger partial charge in [-0.3, -0.25) is 0 Å². The van der Waals surface area contributed by atoms with Crippen molar-refractivity contribution in [2.75, 3.05) is 4.90 Å². The maximum absolute atomic E-state index is 5.00. The van der Waals surface area contributed by atoms with Crippen molar-refractivity contribution in [1.29, 1.82) is 0 Å². The molecule has 0 N–H and O–H groups in total. The predicted molar refractivity (Wildman–Crippen MR) is 237 cm³/mol. The van der Waals surface area contributed by atoms with Gasteiger partial charge in [0.2, 0.25) is 0 Å². The van der Waals surface area contributed by atoms with Crippen LogP contribution in [0.2, 0.25) is 0 Å². The molecule has 1 aliphatic rings. The summed E-state index contributed by atoms with van der Waals surface area (Å²) in [6.07, 6.45) is 0. The van der Waals surface area contributed by atoms with E-state index in [0.717, 1.165) is 55.7 Å². The summed E-state index contributed by atoms with van der Waals surface area (Å²) in [6, 6.07) is 69.9. The molecule has 0 aliphatic heterocycles. The number of nitrogens with zero attached hydrogens (tertiary/aromatic N) is 4. The first kappa shape index (κ1) is 33.1. The molecule has 11 rings (SSSR count). The molecule has 0 radical (unpaired) electrons. The van der Waals surface area contributed by atoms with Crippen LogP contribution in [-0.2, 0) is 5.41 Å². The van der Waals surface area contributed by atoms with Gasteiger partial charge in [0.25, 0.3) is 0 Å². The second kappa shape index (κ2) is 12.9. The molecule has 9 aromatic carbocycles. The zero-order valence-electron chi connectivity index (χ0n) is 31.8. The van der Waals surface area contributed by atoms with Crippen molar-refractivity contribution >= 4 is 49.6 Å². The van der Waals surface area contributed by atoms with E-state index in [1.54, 1.807) is 4.80 Å². The first-order valence-corrected chi connectivity index (χ1v) is 19.6. The first-order chi connectivity index (χ1) is 28.0. The molecule has 4 heteroatoms. The highest BCUT2D eigenvalue weighted by Crippen LogP contribution is 2.50. The minimum atomic E-state index is -0.0574. The Morgan fingerprint density at radius 3 is 1.91 bits per heavy atom. The summed E-state index contributed by atoms with van der Waals surface area (Å²) in [5, 5.41) is 14.4. The highest BCUT2D eigenvalue weighted by molar-refractivity contribution is 6.18. The lowest BCUT2D eigenvalue weighted by molar-refractivity contribution is 0.660. The zero-order chi connectivity index (χ0) is 38.1. The first-order valence-electron chi connectivity index (χ1n) is 19.6. The zero-order valence-corrected chi connectivity index (χ0v) is 31.8. The highest BCUT2D eigenvalue weighted by atomic mass is 15.5. The summed E-state index contributed by atoms with van der Waals surface area (Å²) >= 11 is 0. The Morgan fingerprint density at radius 2 is 1.07 bits per heavy atom. The molecule has 57 heavy (non-hydrogen) atoms. The summed E-state index contributed by atoms with van der Waals surface area (Å²) in [5.41, 5.74) is 16.1. The van der Waals surface area contributed by atoms with Crippen molar-refractivity contribution in [3.8, 4) is 39.1 Å². The van der Waals surface area contributed by atoms with Gasteiger partial charge in [-0.1, -0.05) is 147 Å². The fourth-order valence-corrected chi connectivity index (χ4v) is 8.94. The molecule has 0 unspecified atom stereocenters. The van der Waals surface area contributed by atoms with Crippen LogP contribution in [0.25, 0.3) is 71.6 Å². The quantitative estimate of drug-likeness (QED) is 0.160. The van der Waals surface area contributed by atoms with Gasteiger partial charge in [-0.15, -0.1) is 10.2 Å². The SMILES string of the molecule is CC1(C)c2ccccc2-c2cc(N(c3ccc(-c4ccccc4)cc3)c3cccc(-c4ccc5c(ccc6ccc7nn(-c8ccccc8)nc7c65)c4)c3)ccc21. The average Bonchev–Trinajstić information content (AvgIpc) is 3.81. The largest absolute Gasteiger partial charge is 0.310 e. The van der Waals surface area contributed by atoms with Crippen molar-refractivity contribution in [3.05, 3.63) is 205 Å². The van der Waals surface area contributed by atoms with Gasteiger partial charge in [-0.2, -0.15) is 4.80 Å². The Labute approximate surface area is 331 Å². The monoisotopic (exact) mass is 730 g/mol. The van der Waals surface area contributed by atoms with Crippen LogP contribution in [0.4, 0.5) is 17.1 Å². The number of hydrogen-bond acceptors (Lipinski definition) is 3. The Hall–Kier alpha value is -7.30. The summed E-state index contributed by atoms with van der Waals surface area (Å²) in [5.74, 6) is 0. The third-order valence-electron chi connectivity index (χ3n) is 11.8. The van der Waals surface area contributed by atoms with Crippen LogP contribution in [0.1, 0.15) is 25.0 Å². The number of fused-ring (bicyclic) bond motifs is 8. The fourth-order valence-electron chi connectivity index (χ4n) is 8.94. The number of rotatable bonds is 6. The molecule has 1 aliphatic carbocycles. The minimum Gasteiger partial charge on any atom is -0.310 e. The molecular weight excluding hydrogens is 693 g/mol. The summed E-state index contributed by atoms with van der Waals surface area (Å²) in [7, 11) is 0. The molecule has 0 fully saturated rings. The Balaban J connectivity index is 1.03. The maximum atomic E-state index is 5.00. The van der Waals surface area contributed by atoms with Crippen LogP contribution in [0.5, 0.6) is 0 Å². The van der Waals surface area contributed by atoms with Crippen molar-refractivity contribution in [3.63, 3.8) is 0 Å². The molecule has 0 saturated carbocycles. The third-order valence-corrected chi connectivity index (χ3v) is 11.8. The number of benzene rings is 9. The number of aromatic nitrogens is 3. The maximum Gasteiger partial charge on any atom is 0.122 e. The lowest BCUT2D eigenvalue weighted by Crippen LogP contribution is -2.15. The lowest BCUT2D eigenvalue weighted by Gasteiger charge is -2.28. The normalized spacial score (nSPS) is 12.9. The Morgan fingerprint density at radius 1 is 0.439 bits per heavy atom. The molecule has 1 aromatic heterocycles. The van der Waals surface area contributed by atoms with E-state index in [1.165, 1.54) is 44.2 Å². The van der Waals surface area contributed by atoms with E-state index in [9.17, 15) is 0 Å². The van der Waals surface area contributed by atoms with E-state index < -0.39 is 0 Å². The molecule has 0 saturated heterocycles. The van der Waals surface area contributed by atoms with Crippen LogP contribution in [0.15, 0.2) is 194 Å². The molecule has 4 nitrogen and oxygen atoms in total. The van der Waals surface area contributed by atoms with Crippen LogP contribution in [0, 0.1) is 0 Å². The van der Waals surface area contributed by atoms with E-state index in [1.807, 2.05) is 30.3 Å². The van der Waals surface area contributed by atoms with Gasteiger partial charge >= 0.3 is 0 Å². The van der Waals surface area contributed by atoms with Gasteiger partial charge in [0.15, 0.2) is 0 Å². The molecule has 0 atom stereocenters. The van der Waals surface area contributed by atoms with E-state index in [2.05, 4.69) is 183 Å². The molecule has 0 spiro atoms. The topological polar surface area (TPSA) is 34.0 Å². The number of hydrogen-bond donors (Lipinski definition) is 0. The molecule has 1 heterocycles. The second-order valence-corrected chi connectivity index (χ2v) is 15.6. The van der Waals surface area contributed by atoms with Crippen LogP contribution < -0.4 is 4.90 Å². The van der Waals surface area contributed by atoms with E-state index in [0.29, 0.717) is 0 Å². The van der Waals surface area contributed by atoms with Gasteiger partial charge < -0.3 is 4.90 Å². The van der Waals surface area contributed by atoms with Gasteiger partial charge in [0.1, 0.15) is 11.0 Å². The summed E-state index contributed by atoms with van der Waals surface area (Å²) in [4.78, 5) is 4.14. The Kier molecular flexibility index (Phi) is 7.48. The standard InChI is InChI=1S/C53H38N4/c1-53(2)48-19-10-9-18-46(48)47-34-44(28-30-49(47)53)56(41-26-22-36(23-27-41)35-12-5-3-6-13-35)43-17-11-14-38(33-43)39-24-29-45-40(32-39)21-20-37-25-31-50-52(51(37)45)55-57(54-50)42-15-7-4-8-16-42/h3-34H,1-2H3. The Bertz CT molecular complexity index is 3140. The van der Waals surface area contributed by atoms with Crippen molar-refractivity contribution in [2.45, 2.75) is 19.3 Å². The predicted octanol–water partition coefficient (Wildman–Crippen LogP) is 13.8. The van der Waals surface area contributed by atoms with Crippen LogP contribution >= 0.6 is 0 Å². The molecule has 0 amide bonds. The van der Waals surface area contributed by atoms with Gasteiger partial charge in [0, 0.05) is 27.9 Å². The van der Waals surface area contributed by atoms with Gasteiger partial charge in [-0.05, 0) is 121 Å². The number of para-hydroxylation sites is 1. The summed E-state index contributed by atoms with van der Waals surface area (Å²) in [6.45, 7) is 4.67. The van der Waals surface area contributed by atoms with Gasteiger partial charge in [0.05, 0.1) is 5.69 Å². The lowest BCUT2D eigenvalue weighted by atomic mass is 9.82. The smallest absolute Gasteiger partial charge is 0.122 e. The van der Waals surface area contributed by atoms with Crippen LogP contribution in [0.3, 0.4) is 0 Å². The van der Waals surface area contributed by atoms with Crippen molar-refractivity contribution < 1.29 is 0 Å². The summed E-state index contributed by atoms with van der Waals surface area (Å²) < 4.78 is 0. The van der Waals surface area contributed by atoms with E-state index in [4.69, 9.17) is 10.2 Å². The molecule has 0 bridgehead atoms. The fraction of sp³-hybridized carbons (Fsp3) is 0.0566. The van der Waals surface area contributed by atoms with E-state index >= 15 is 0 Å². The van der Waals surface area contributed by atoms with Crippen LogP contribution in [-0.4, -0.2) is 15.0 Å². The second-order valence-electron chi connectivity index (χ2n) is 15.6. The van der Waals surface area contributed by atoms with Crippen molar-refractivity contribution in [1.82, 2.24) is 15.0 Å². The van der Waals surface area contributed by atoms with E-state index in [-0.39, 0.29) is 5.41 Å². The molecule has 10 aromatic rings. The molecule has 270 valence electrons. The average molecular weight is 731 g/mol. The third kappa shape index (κ3) is 5.44. The minimum absolute atomic E-state index is 0.0574. The number of anilines is 3. The molecular formula is C53H38N4. The highest BCUT2D eigenvalue weighted by Gasteiger charge is 2.35.